The summed E-state index contributed by atoms with van der Waals surface area (Å²) in [6.45, 7) is 11.3. The van der Waals surface area contributed by atoms with E-state index in [0.717, 1.165) is 36.1 Å². The average molecular weight is 568 g/mol. The summed E-state index contributed by atoms with van der Waals surface area (Å²) in [5, 5.41) is 5.73. The van der Waals surface area contributed by atoms with Crippen LogP contribution < -0.4 is 4.57 Å². The molecule has 0 saturated heterocycles. The molecule has 208 valence electrons. The minimum absolute atomic E-state index is 0.297. The fourth-order valence-electron chi connectivity index (χ4n) is 7.58. The first-order valence-electron chi connectivity index (χ1n) is 15.0. The average Bonchev–Trinajstić information content (AvgIpc) is 3.62. The Kier molecular flexibility index (Phi) is 5.74. The highest BCUT2D eigenvalue weighted by molar-refractivity contribution is 7.17. The van der Waals surface area contributed by atoms with Gasteiger partial charge in [-0.3, -0.25) is 0 Å². The van der Waals surface area contributed by atoms with Gasteiger partial charge in [0, 0.05) is 68.0 Å². The lowest BCUT2D eigenvalue weighted by atomic mass is 9.76. The first-order chi connectivity index (χ1) is 20.4. The maximum absolute atomic E-state index is 6.85. The molecule has 5 heterocycles. The molecule has 0 radical (unpaired) electrons. The Labute approximate surface area is 251 Å². The third kappa shape index (κ3) is 3.67. The topological polar surface area (TPSA) is 20.3 Å². The summed E-state index contributed by atoms with van der Waals surface area (Å²) in [7, 11) is 2.18. The maximum Gasteiger partial charge on any atom is 0.213 e. The summed E-state index contributed by atoms with van der Waals surface area (Å²) in [5.74, 6) is 0.376. The zero-order chi connectivity index (χ0) is 28.7. The van der Waals surface area contributed by atoms with Gasteiger partial charge in [0.2, 0.25) is 5.69 Å². The lowest BCUT2D eigenvalue weighted by molar-refractivity contribution is -0.718. The fourth-order valence-corrected chi connectivity index (χ4v) is 8.37. The number of pyridine rings is 1. The minimum Gasteiger partial charge on any atom is -0.455 e. The van der Waals surface area contributed by atoms with Gasteiger partial charge in [-0.1, -0.05) is 42.5 Å². The van der Waals surface area contributed by atoms with E-state index >= 15 is 0 Å². The van der Waals surface area contributed by atoms with Gasteiger partial charge in [-0.15, -0.1) is 11.3 Å². The molecule has 0 bridgehead atoms. The summed E-state index contributed by atoms with van der Waals surface area (Å²) in [6, 6.07) is 23.2. The van der Waals surface area contributed by atoms with Gasteiger partial charge >= 0.3 is 0 Å². The number of aromatic nitrogens is 1. The summed E-state index contributed by atoms with van der Waals surface area (Å²) in [5.41, 5.74) is 13.6. The van der Waals surface area contributed by atoms with Crippen LogP contribution in [-0.4, -0.2) is 11.9 Å². The Bertz CT molecular complexity index is 2110. The van der Waals surface area contributed by atoms with Crippen molar-refractivity contribution in [3.63, 3.8) is 0 Å². The second-order valence-corrected chi connectivity index (χ2v) is 13.1. The molecule has 2 unspecified atom stereocenters. The van der Waals surface area contributed by atoms with Crippen molar-refractivity contribution in [1.29, 1.82) is 0 Å². The van der Waals surface area contributed by atoms with Crippen LogP contribution in [0.5, 0.6) is 0 Å². The van der Waals surface area contributed by atoms with Crippen LogP contribution in [0.25, 0.3) is 49.0 Å². The number of thiophene rings is 1. The Balaban J connectivity index is 1.35. The number of nitrogens with zero attached hydrogens (tertiary/aromatic N) is 2. The number of benzene rings is 3. The third-order valence-corrected chi connectivity index (χ3v) is 10.6. The van der Waals surface area contributed by atoms with Crippen molar-refractivity contribution in [2.24, 2.45) is 0 Å². The minimum atomic E-state index is 0.297. The molecule has 2 aliphatic heterocycles. The molecule has 0 spiro atoms. The molecule has 0 aliphatic carbocycles. The summed E-state index contributed by atoms with van der Waals surface area (Å²) in [4.78, 5) is 2.32. The molecule has 3 aromatic heterocycles. The summed E-state index contributed by atoms with van der Waals surface area (Å²) in [6.07, 6.45) is 7.50. The zero-order valence-corrected chi connectivity index (χ0v) is 25.5. The van der Waals surface area contributed by atoms with Crippen LogP contribution in [0.4, 0.5) is 0 Å². The molecule has 3 nitrogen and oxygen atoms in total. The predicted octanol–water partition coefficient (Wildman–Crippen LogP) is 9.85. The number of aryl methyl sites for hydroxylation is 3. The lowest BCUT2D eigenvalue weighted by Gasteiger charge is -2.35. The van der Waals surface area contributed by atoms with E-state index < -0.39 is 0 Å². The molecule has 6 aromatic rings. The molecule has 2 atom stereocenters. The lowest BCUT2D eigenvalue weighted by Crippen LogP contribution is -2.48. The van der Waals surface area contributed by atoms with Crippen LogP contribution in [0, 0.1) is 13.8 Å². The van der Waals surface area contributed by atoms with Gasteiger partial charge < -0.3 is 9.32 Å². The second-order valence-electron chi connectivity index (χ2n) is 12.2. The van der Waals surface area contributed by atoms with Crippen LogP contribution in [0.2, 0.25) is 0 Å². The van der Waals surface area contributed by atoms with Crippen molar-refractivity contribution in [1.82, 2.24) is 4.90 Å². The molecular weight excluding hydrogens is 532 g/mol. The van der Waals surface area contributed by atoms with E-state index in [9.17, 15) is 0 Å². The normalized spacial score (nSPS) is 19.7. The van der Waals surface area contributed by atoms with Gasteiger partial charge in [-0.05, 0) is 80.5 Å². The molecule has 0 N–H and O–H groups in total. The standard InChI is InChI=1S/C38H35N2OS/c1-6-32-36-25(10-13-29-28-14-16-35-30(17-18-42-35)37(28)41-38(29)36)9-12-27-31-19-22(2)7-11-26(31)33-15-8-23(3)21-40(33)34(27)20-24(4)39(32)5/h6-8,10-11,13-19,21,27,34H,4,9,12,20H2,1-3,5H3/q+1/b32-6-. The van der Waals surface area contributed by atoms with Gasteiger partial charge in [-0.25, -0.2) is 0 Å². The first-order valence-corrected chi connectivity index (χ1v) is 15.9. The highest BCUT2D eigenvalue weighted by atomic mass is 32.1. The van der Waals surface area contributed by atoms with Crippen molar-refractivity contribution in [2.75, 3.05) is 7.05 Å². The Morgan fingerprint density at radius 3 is 2.62 bits per heavy atom. The van der Waals surface area contributed by atoms with Gasteiger partial charge in [-0.2, -0.15) is 4.57 Å². The summed E-state index contributed by atoms with van der Waals surface area (Å²) >= 11 is 1.77. The fraction of sp³-hybridized carbons (Fsp3) is 0.237. The maximum atomic E-state index is 6.85. The van der Waals surface area contributed by atoms with Crippen LogP contribution in [0.3, 0.4) is 0 Å². The molecular formula is C38H35N2OS+. The molecule has 0 fully saturated rings. The van der Waals surface area contributed by atoms with Crippen molar-refractivity contribution < 1.29 is 8.98 Å². The quantitative estimate of drug-likeness (QED) is 0.170. The molecule has 8 rings (SSSR count). The molecule has 3 aromatic carbocycles. The number of fused-ring (bicyclic) bond motifs is 13. The molecule has 4 heteroatoms. The molecule has 2 aliphatic rings. The van der Waals surface area contributed by atoms with Crippen LogP contribution >= 0.6 is 11.3 Å². The predicted molar refractivity (Wildman–Crippen MR) is 176 cm³/mol. The Morgan fingerprint density at radius 2 is 1.76 bits per heavy atom. The molecule has 0 saturated carbocycles. The Morgan fingerprint density at radius 1 is 0.952 bits per heavy atom. The third-order valence-electron chi connectivity index (χ3n) is 9.69. The van der Waals surface area contributed by atoms with Crippen molar-refractivity contribution in [3.8, 4) is 11.3 Å². The van der Waals surface area contributed by atoms with Crippen LogP contribution in [0.15, 0.2) is 95.0 Å². The van der Waals surface area contributed by atoms with Gasteiger partial charge in [0.25, 0.3) is 0 Å². The monoisotopic (exact) mass is 567 g/mol. The molecule has 0 amide bonds. The summed E-state index contributed by atoms with van der Waals surface area (Å²) < 4.78 is 10.7. The van der Waals surface area contributed by atoms with Crippen molar-refractivity contribution >= 4 is 49.1 Å². The number of allylic oxidation sites excluding steroid dienone is 2. The van der Waals surface area contributed by atoms with Gasteiger partial charge in [0.05, 0.1) is 6.42 Å². The highest BCUT2D eigenvalue weighted by Crippen LogP contribution is 2.47. The smallest absolute Gasteiger partial charge is 0.213 e. The first kappa shape index (κ1) is 25.6. The van der Waals surface area contributed by atoms with E-state index in [0.29, 0.717) is 12.0 Å². The number of hydrogen-bond donors (Lipinski definition) is 0. The molecule has 42 heavy (non-hydrogen) atoms. The van der Waals surface area contributed by atoms with E-state index in [-0.39, 0.29) is 0 Å². The van der Waals surface area contributed by atoms with E-state index in [2.05, 4.69) is 116 Å². The van der Waals surface area contributed by atoms with Crippen molar-refractivity contribution in [3.05, 3.63) is 118 Å². The van der Waals surface area contributed by atoms with E-state index in [1.807, 2.05) is 0 Å². The van der Waals surface area contributed by atoms with Crippen LogP contribution in [0.1, 0.15) is 59.5 Å². The van der Waals surface area contributed by atoms with E-state index in [4.69, 9.17) is 11.0 Å². The Hall–Kier alpha value is -4.15. The number of rotatable bonds is 0. The van der Waals surface area contributed by atoms with Gasteiger partial charge in [0.15, 0.2) is 12.2 Å². The largest absolute Gasteiger partial charge is 0.455 e. The number of furan rings is 1. The highest BCUT2D eigenvalue weighted by Gasteiger charge is 2.41. The van der Waals surface area contributed by atoms with Crippen molar-refractivity contribution in [2.45, 2.75) is 52.0 Å². The van der Waals surface area contributed by atoms with Gasteiger partial charge in [0.1, 0.15) is 11.2 Å². The van der Waals surface area contributed by atoms with E-state index in [1.54, 1.807) is 11.3 Å². The zero-order valence-electron chi connectivity index (χ0n) is 24.7. The number of hydrogen-bond acceptors (Lipinski definition) is 3. The van der Waals surface area contributed by atoms with E-state index in [1.165, 1.54) is 65.6 Å². The second kappa shape index (κ2) is 9.43. The van der Waals surface area contributed by atoms with Crippen LogP contribution in [-0.2, 0) is 6.42 Å². The SMILES string of the molecule is C=C1CC2C(CCc3ccc4c(oc5c6ccsc6ccc45)c3/C(=C/C)N1C)c1cc(C)ccc1-c1ccc(C)c[n+]12.